The van der Waals surface area contributed by atoms with Crippen LogP contribution in [0.4, 0.5) is 0 Å². The number of nitriles is 1. The molecule has 0 spiro atoms. The third kappa shape index (κ3) is 1.91. The zero-order valence-electron chi connectivity index (χ0n) is 10.5. The molecular formula is C15H12N2O2. The highest BCUT2D eigenvalue weighted by Gasteiger charge is 2.13. The van der Waals surface area contributed by atoms with Crippen LogP contribution in [0.1, 0.15) is 11.1 Å². The van der Waals surface area contributed by atoms with Gasteiger partial charge in [0.2, 0.25) is 5.88 Å². The molecule has 4 heteroatoms. The molecular weight excluding hydrogens is 240 g/mol. The van der Waals surface area contributed by atoms with Crippen molar-refractivity contribution in [1.29, 1.82) is 5.26 Å². The van der Waals surface area contributed by atoms with Crippen LogP contribution in [0.3, 0.4) is 0 Å². The van der Waals surface area contributed by atoms with E-state index in [1.807, 2.05) is 25.1 Å². The lowest BCUT2D eigenvalue weighted by Gasteiger charge is -2.10. The van der Waals surface area contributed by atoms with Crippen molar-refractivity contribution < 1.29 is 5.11 Å². The number of rotatable bonds is 1. The minimum absolute atomic E-state index is 0.0369. The second-order valence-corrected chi connectivity index (χ2v) is 4.24. The smallest absolute Gasteiger partial charge is 0.265 e. The van der Waals surface area contributed by atoms with Gasteiger partial charge in [0, 0.05) is 10.4 Å². The maximum atomic E-state index is 12.2. The first-order valence-electron chi connectivity index (χ1n) is 5.60. The van der Waals surface area contributed by atoms with E-state index >= 15 is 0 Å². The van der Waals surface area contributed by atoms with Crippen LogP contribution in [-0.2, 0) is 0 Å². The van der Waals surface area contributed by atoms with E-state index in [4.69, 9.17) is 5.26 Å². The molecule has 19 heavy (non-hydrogen) atoms. The maximum absolute atomic E-state index is 12.2. The van der Waals surface area contributed by atoms with Crippen molar-refractivity contribution in [3.63, 3.8) is 0 Å². The average Bonchev–Trinajstić information content (AvgIpc) is 2.39. The van der Waals surface area contributed by atoms with Crippen LogP contribution >= 0.6 is 0 Å². The minimum atomic E-state index is -0.481. The average molecular weight is 252 g/mol. The topological polar surface area (TPSA) is 66.0 Å². The molecule has 0 unspecified atom stereocenters. The summed E-state index contributed by atoms with van der Waals surface area (Å²) >= 11 is 0. The van der Waals surface area contributed by atoms with Crippen LogP contribution in [-0.4, -0.2) is 9.67 Å². The van der Waals surface area contributed by atoms with Crippen LogP contribution in [0.25, 0.3) is 18.8 Å². The van der Waals surface area contributed by atoms with Gasteiger partial charge >= 0.3 is 0 Å². The summed E-state index contributed by atoms with van der Waals surface area (Å²) in [6, 6.07) is 8.86. The number of pyridine rings is 1. The van der Waals surface area contributed by atoms with E-state index in [2.05, 4.69) is 13.2 Å². The van der Waals surface area contributed by atoms with Crippen LogP contribution in [0.15, 0.2) is 29.1 Å². The summed E-state index contributed by atoms with van der Waals surface area (Å²) in [5, 5.41) is 19.4. The van der Waals surface area contributed by atoms with E-state index in [1.54, 1.807) is 12.1 Å². The van der Waals surface area contributed by atoms with Crippen molar-refractivity contribution in [1.82, 2.24) is 4.57 Å². The molecule has 0 aliphatic carbocycles. The Morgan fingerprint density at radius 2 is 1.79 bits per heavy atom. The summed E-state index contributed by atoms with van der Waals surface area (Å²) in [6.45, 7) is 9.13. The monoisotopic (exact) mass is 252 g/mol. The van der Waals surface area contributed by atoms with Gasteiger partial charge in [0.25, 0.3) is 5.56 Å². The molecule has 1 aromatic heterocycles. The predicted molar refractivity (Wildman–Crippen MR) is 73.4 cm³/mol. The summed E-state index contributed by atoms with van der Waals surface area (Å²) in [6.07, 6.45) is 0. The number of hydrogen-bond donors (Lipinski definition) is 1. The molecule has 2 rings (SSSR count). The molecule has 0 atom stereocenters. The quantitative estimate of drug-likeness (QED) is 0.805. The lowest BCUT2D eigenvalue weighted by Crippen LogP contribution is -2.44. The number of aryl methyl sites for hydroxylation is 1. The lowest BCUT2D eigenvalue weighted by atomic mass is 10.2. The Hall–Kier alpha value is -2.80. The van der Waals surface area contributed by atoms with Crippen LogP contribution in [0.5, 0.6) is 5.88 Å². The summed E-state index contributed by atoms with van der Waals surface area (Å²) in [4.78, 5) is 12.2. The van der Waals surface area contributed by atoms with E-state index < -0.39 is 11.4 Å². The van der Waals surface area contributed by atoms with Crippen molar-refractivity contribution in [2.45, 2.75) is 6.92 Å². The molecule has 0 saturated heterocycles. The number of aromatic hydroxyl groups is 1. The molecule has 0 amide bonds. The van der Waals surface area contributed by atoms with Crippen molar-refractivity contribution in [3.05, 3.63) is 56.2 Å². The minimum Gasteiger partial charge on any atom is -0.493 e. The molecule has 0 radical (unpaired) electrons. The molecule has 0 fully saturated rings. The molecule has 94 valence electrons. The number of aromatic nitrogens is 1. The van der Waals surface area contributed by atoms with Crippen molar-refractivity contribution >= 4 is 13.2 Å². The maximum Gasteiger partial charge on any atom is 0.265 e. The zero-order valence-corrected chi connectivity index (χ0v) is 10.5. The first-order valence-corrected chi connectivity index (χ1v) is 5.60. The van der Waals surface area contributed by atoms with Crippen molar-refractivity contribution in [2.24, 2.45) is 0 Å². The highest BCUT2D eigenvalue weighted by molar-refractivity contribution is 5.47. The Morgan fingerprint density at radius 1 is 1.21 bits per heavy atom. The molecule has 1 aromatic carbocycles. The van der Waals surface area contributed by atoms with Gasteiger partial charge in [-0.2, -0.15) is 5.26 Å². The molecule has 0 saturated carbocycles. The van der Waals surface area contributed by atoms with Gasteiger partial charge in [0.15, 0.2) is 0 Å². The van der Waals surface area contributed by atoms with Gasteiger partial charge in [0.05, 0.1) is 5.69 Å². The van der Waals surface area contributed by atoms with Gasteiger partial charge in [-0.25, -0.2) is 4.57 Å². The Kier molecular flexibility index (Phi) is 2.97. The first-order chi connectivity index (χ1) is 8.97. The van der Waals surface area contributed by atoms with Gasteiger partial charge in [-0.05, 0) is 19.1 Å². The van der Waals surface area contributed by atoms with Gasteiger partial charge in [-0.3, -0.25) is 4.79 Å². The van der Waals surface area contributed by atoms with Gasteiger partial charge in [0.1, 0.15) is 11.6 Å². The highest BCUT2D eigenvalue weighted by Crippen LogP contribution is 2.15. The fraction of sp³-hybridized carbons (Fsp3) is 0.0667. The molecule has 0 bridgehead atoms. The fourth-order valence-electron chi connectivity index (χ4n) is 1.81. The normalized spacial score (nSPS) is 10.1. The Bertz CT molecular complexity index is 840. The van der Waals surface area contributed by atoms with E-state index in [-0.39, 0.29) is 16.0 Å². The van der Waals surface area contributed by atoms with E-state index in [9.17, 15) is 9.90 Å². The van der Waals surface area contributed by atoms with Crippen molar-refractivity contribution in [2.75, 3.05) is 0 Å². The molecule has 0 aliphatic rings. The first kappa shape index (κ1) is 12.7. The SMILES string of the molecule is C=c1c(C#N)c(O)n(-c2ccc(C)cc2)c(=O)c1=C. The number of hydrogen-bond acceptors (Lipinski definition) is 3. The number of benzene rings is 1. The standard InChI is InChI=1S/C15H12N2O2/c1-9-4-6-12(7-5-9)17-14(18)11(3)10(2)13(8-16)15(17)19/h4-7,19H,2-3H2,1H3. The van der Waals surface area contributed by atoms with Gasteiger partial charge < -0.3 is 5.11 Å². The summed E-state index contributed by atoms with van der Waals surface area (Å²) in [5.41, 5.74) is 0.991. The molecule has 4 nitrogen and oxygen atoms in total. The Labute approximate surface area is 109 Å². The summed E-state index contributed by atoms with van der Waals surface area (Å²) < 4.78 is 1.06. The molecule has 1 N–H and O–H groups in total. The Morgan fingerprint density at radius 3 is 2.32 bits per heavy atom. The molecule has 0 aliphatic heterocycles. The van der Waals surface area contributed by atoms with Gasteiger partial charge in [-0.15, -0.1) is 0 Å². The summed E-state index contributed by atoms with van der Waals surface area (Å²) in [7, 11) is 0. The second kappa shape index (κ2) is 4.46. The highest BCUT2D eigenvalue weighted by atomic mass is 16.3. The Balaban J connectivity index is 2.94. The third-order valence-corrected chi connectivity index (χ3v) is 2.97. The van der Waals surface area contributed by atoms with E-state index in [1.165, 1.54) is 0 Å². The largest absolute Gasteiger partial charge is 0.493 e. The lowest BCUT2D eigenvalue weighted by molar-refractivity contribution is 0.432. The zero-order chi connectivity index (χ0) is 14.2. The molecule has 1 heterocycles. The molecule has 2 aromatic rings. The van der Waals surface area contributed by atoms with Crippen LogP contribution in [0, 0.1) is 18.3 Å². The number of nitrogens with zero attached hydrogens (tertiary/aromatic N) is 2. The summed E-state index contributed by atoms with van der Waals surface area (Å²) in [5.74, 6) is -0.409. The van der Waals surface area contributed by atoms with E-state index in [0.29, 0.717) is 5.69 Å². The second-order valence-electron chi connectivity index (χ2n) is 4.24. The van der Waals surface area contributed by atoms with Crippen LogP contribution < -0.4 is 16.0 Å². The third-order valence-electron chi connectivity index (χ3n) is 2.97. The van der Waals surface area contributed by atoms with E-state index in [0.717, 1.165) is 10.1 Å². The van der Waals surface area contributed by atoms with Gasteiger partial charge in [-0.1, -0.05) is 30.9 Å². The van der Waals surface area contributed by atoms with Crippen molar-refractivity contribution in [3.8, 4) is 17.6 Å². The predicted octanol–water partition coefficient (Wildman–Crippen LogP) is 0.544. The van der Waals surface area contributed by atoms with Crippen LogP contribution in [0.2, 0.25) is 0 Å². The fourth-order valence-corrected chi connectivity index (χ4v) is 1.81.